The summed E-state index contributed by atoms with van der Waals surface area (Å²) in [5.41, 5.74) is 2.41. The van der Waals surface area contributed by atoms with E-state index in [1.165, 1.54) is 7.11 Å². The summed E-state index contributed by atoms with van der Waals surface area (Å²) in [5, 5.41) is 33.6. The van der Waals surface area contributed by atoms with Gasteiger partial charge >= 0.3 is 0 Å². The van der Waals surface area contributed by atoms with Gasteiger partial charge < -0.3 is 39.7 Å². The van der Waals surface area contributed by atoms with Gasteiger partial charge in [-0.15, -0.1) is 0 Å². The van der Waals surface area contributed by atoms with Crippen molar-refractivity contribution in [2.24, 2.45) is 0 Å². The van der Waals surface area contributed by atoms with Crippen LogP contribution in [0.2, 0.25) is 0 Å². The molecule has 0 bridgehead atoms. The second-order valence-electron chi connectivity index (χ2n) is 9.92. The highest BCUT2D eigenvalue weighted by molar-refractivity contribution is 5.96. The zero-order valence-corrected chi connectivity index (χ0v) is 23.1. The molecule has 0 unspecified atom stereocenters. The number of hydrogen-bond acceptors (Lipinski definition) is 8. The zero-order valence-electron chi connectivity index (χ0n) is 23.1. The summed E-state index contributed by atoms with van der Waals surface area (Å²) >= 11 is 0. The van der Waals surface area contributed by atoms with Crippen molar-refractivity contribution in [3.63, 3.8) is 0 Å². The standard InChI is InChI=1S/C30H38N2O8/c1-4-7-25(35)32(12-10-19-8-5-6-9-23(19)38-2)22-16-21(30(37)31-11-13-33)26-20-14-18(17-34)15-24(39-3)28(20)40-29(26)27(22)36/h5-6,8-9,14-16,22,26-27,29,33-34,36H,4,7,10-13,17H2,1-3H3,(H,31,37)/t22-,26+,27+,29+/m1/s1. The van der Waals surface area contributed by atoms with Gasteiger partial charge in [-0.3, -0.25) is 9.59 Å². The monoisotopic (exact) mass is 554 g/mol. The van der Waals surface area contributed by atoms with Gasteiger partial charge in [-0.2, -0.15) is 0 Å². The molecule has 0 fully saturated rings. The summed E-state index contributed by atoms with van der Waals surface area (Å²) in [6.07, 6.45) is 0.974. The minimum atomic E-state index is -1.16. The molecule has 2 aromatic carbocycles. The number of amides is 2. The van der Waals surface area contributed by atoms with Crippen molar-refractivity contribution in [2.75, 3.05) is 33.9 Å². The van der Waals surface area contributed by atoms with Crippen LogP contribution in [0.5, 0.6) is 17.2 Å². The topological polar surface area (TPSA) is 138 Å². The van der Waals surface area contributed by atoms with E-state index >= 15 is 0 Å². The average Bonchev–Trinajstić information content (AvgIpc) is 3.36. The van der Waals surface area contributed by atoms with Crippen molar-refractivity contribution >= 4 is 11.8 Å². The first kappa shape index (κ1) is 29.4. The molecule has 4 rings (SSSR count). The van der Waals surface area contributed by atoms with Crippen LogP contribution in [0, 0.1) is 0 Å². The van der Waals surface area contributed by atoms with E-state index in [1.54, 1.807) is 30.2 Å². The summed E-state index contributed by atoms with van der Waals surface area (Å²) < 4.78 is 17.3. The molecule has 1 aliphatic heterocycles. The van der Waals surface area contributed by atoms with Gasteiger partial charge in [0.2, 0.25) is 11.8 Å². The fraction of sp³-hybridized carbons (Fsp3) is 0.467. The molecule has 10 nitrogen and oxygen atoms in total. The maximum atomic E-state index is 13.4. The number of carbonyl (C=O) groups is 2. The van der Waals surface area contributed by atoms with Gasteiger partial charge in [0.15, 0.2) is 11.5 Å². The molecule has 1 heterocycles. The molecule has 0 saturated heterocycles. The minimum Gasteiger partial charge on any atom is -0.496 e. The Kier molecular flexibility index (Phi) is 9.67. The predicted molar refractivity (Wildman–Crippen MR) is 147 cm³/mol. The number of fused-ring (bicyclic) bond motifs is 3. The van der Waals surface area contributed by atoms with Crippen LogP contribution in [-0.4, -0.2) is 84.2 Å². The average molecular weight is 555 g/mol. The van der Waals surface area contributed by atoms with Crippen LogP contribution in [0.4, 0.5) is 0 Å². The van der Waals surface area contributed by atoms with Gasteiger partial charge in [0.1, 0.15) is 18.0 Å². The number of aliphatic hydroxyl groups excluding tert-OH is 3. The molecule has 0 saturated carbocycles. The number of aliphatic hydroxyl groups is 3. The fourth-order valence-corrected chi connectivity index (χ4v) is 5.57. The van der Waals surface area contributed by atoms with Crippen LogP contribution in [0.15, 0.2) is 48.0 Å². The van der Waals surface area contributed by atoms with Crippen molar-refractivity contribution in [1.29, 1.82) is 0 Å². The van der Waals surface area contributed by atoms with Crippen molar-refractivity contribution in [1.82, 2.24) is 10.2 Å². The lowest BCUT2D eigenvalue weighted by Gasteiger charge is -2.41. The Morgan fingerprint density at radius 3 is 2.52 bits per heavy atom. The van der Waals surface area contributed by atoms with Crippen molar-refractivity contribution in [3.05, 3.63) is 64.7 Å². The SMILES string of the molecule is CCCC(=O)N(CCc1ccccc1OC)[C@@H]1C=C(C(=O)NCCO)[C@@H]2c3cc(CO)cc(OC)c3O[C@@H]2[C@H]1O. The molecule has 0 aromatic heterocycles. The molecule has 2 amide bonds. The third kappa shape index (κ3) is 5.79. The molecule has 2 aliphatic rings. The first-order valence-electron chi connectivity index (χ1n) is 13.6. The van der Waals surface area contributed by atoms with Crippen LogP contribution in [0.3, 0.4) is 0 Å². The quantitative estimate of drug-likeness (QED) is 0.311. The second-order valence-corrected chi connectivity index (χ2v) is 9.92. The number of nitrogens with zero attached hydrogens (tertiary/aromatic N) is 1. The van der Waals surface area contributed by atoms with Crippen molar-refractivity contribution in [2.45, 2.75) is 57.0 Å². The summed E-state index contributed by atoms with van der Waals surface area (Å²) in [6.45, 7) is 1.75. The lowest BCUT2D eigenvalue weighted by atomic mass is 9.77. The molecule has 4 atom stereocenters. The van der Waals surface area contributed by atoms with E-state index in [9.17, 15) is 24.9 Å². The van der Waals surface area contributed by atoms with Crippen LogP contribution in [0.25, 0.3) is 0 Å². The van der Waals surface area contributed by atoms with Gasteiger partial charge in [-0.05, 0) is 48.2 Å². The highest BCUT2D eigenvalue weighted by atomic mass is 16.5. The predicted octanol–water partition coefficient (Wildman–Crippen LogP) is 1.69. The highest BCUT2D eigenvalue weighted by Crippen LogP contribution is 2.51. The first-order valence-corrected chi connectivity index (χ1v) is 13.6. The maximum Gasteiger partial charge on any atom is 0.247 e. The van der Waals surface area contributed by atoms with E-state index in [4.69, 9.17) is 14.2 Å². The first-order chi connectivity index (χ1) is 19.4. The lowest BCUT2D eigenvalue weighted by Crippen LogP contribution is -2.56. The number of para-hydroxylation sites is 1. The largest absolute Gasteiger partial charge is 0.496 e. The Morgan fingerprint density at radius 2 is 1.85 bits per heavy atom. The molecular weight excluding hydrogens is 516 g/mol. The molecule has 10 heteroatoms. The summed E-state index contributed by atoms with van der Waals surface area (Å²) in [5.74, 6) is 0.217. The van der Waals surface area contributed by atoms with Gasteiger partial charge in [0.05, 0.1) is 39.4 Å². The Balaban J connectivity index is 1.76. The Bertz CT molecular complexity index is 1250. The van der Waals surface area contributed by atoms with E-state index in [0.717, 1.165) is 5.56 Å². The van der Waals surface area contributed by atoms with E-state index in [2.05, 4.69) is 5.32 Å². The third-order valence-corrected chi connectivity index (χ3v) is 7.45. The van der Waals surface area contributed by atoms with Crippen LogP contribution >= 0.6 is 0 Å². The fourth-order valence-electron chi connectivity index (χ4n) is 5.57. The summed E-state index contributed by atoms with van der Waals surface area (Å²) in [4.78, 5) is 28.5. The molecule has 0 spiro atoms. The summed E-state index contributed by atoms with van der Waals surface area (Å²) in [6, 6.07) is 10.1. The highest BCUT2D eigenvalue weighted by Gasteiger charge is 2.51. The molecule has 216 valence electrons. The Labute approximate surface area is 234 Å². The number of carbonyl (C=O) groups excluding carboxylic acids is 2. The van der Waals surface area contributed by atoms with Gasteiger partial charge in [0.25, 0.3) is 0 Å². The molecule has 0 radical (unpaired) electrons. The zero-order chi connectivity index (χ0) is 28.8. The smallest absolute Gasteiger partial charge is 0.247 e. The number of ether oxygens (including phenoxy) is 3. The van der Waals surface area contributed by atoms with Crippen LogP contribution < -0.4 is 19.5 Å². The van der Waals surface area contributed by atoms with Crippen LogP contribution in [0.1, 0.15) is 42.4 Å². The van der Waals surface area contributed by atoms with E-state index in [1.807, 2.05) is 31.2 Å². The van der Waals surface area contributed by atoms with Gasteiger partial charge in [-0.1, -0.05) is 25.1 Å². The van der Waals surface area contributed by atoms with Crippen molar-refractivity contribution in [3.8, 4) is 17.2 Å². The number of rotatable bonds is 12. The molecule has 40 heavy (non-hydrogen) atoms. The number of methoxy groups -OCH3 is 2. The number of hydrogen-bond donors (Lipinski definition) is 4. The van der Waals surface area contributed by atoms with Gasteiger partial charge in [-0.25, -0.2) is 0 Å². The molecular formula is C30H38N2O8. The van der Waals surface area contributed by atoms with E-state index < -0.39 is 30.1 Å². The van der Waals surface area contributed by atoms with E-state index in [-0.39, 0.29) is 38.6 Å². The van der Waals surface area contributed by atoms with Crippen LogP contribution in [-0.2, 0) is 22.6 Å². The number of nitrogens with one attached hydrogen (secondary N) is 1. The normalized spacial score (nSPS) is 21.0. The minimum absolute atomic E-state index is 0.0424. The molecule has 2 aromatic rings. The maximum absolute atomic E-state index is 13.4. The second kappa shape index (κ2) is 13.2. The Hall–Kier alpha value is -3.60. The molecule has 4 N–H and O–H groups in total. The van der Waals surface area contributed by atoms with E-state index in [0.29, 0.717) is 46.8 Å². The number of benzene rings is 2. The lowest BCUT2D eigenvalue weighted by molar-refractivity contribution is -0.137. The third-order valence-electron chi connectivity index (χ3n) is 7.45. The summed E-state index contributed by atoms with van der Waals surface area (Å²) in [7, 11) is 3.07. The van der Waals surface area contributed by atoms with Crippen molar-refractivity contribution < 1.29 is 39.1 Å². The van der Waals surface area contributed by atoms with Gasteiger partial charge in [0, 0.05) is 30.6 Å². The molecule has 1 aliphatic carbocycles. The Morgan fingerprint density at radius 1 is 1.10 bits per heavy atom.